The molecule has 1 aromatic heterocycles. The zero-order valence-corrected chi connectivity index (χ0v) is 14.6. The predicted molar refractivity (Wildman–Crippen MR) is 88.8 cm³/mol. The Balaban J connectivity index is 2.43. The third-order valence-electron chi connectivity index (χ3n) is 3.56. The minimum absolute atomic E-state index is 0.108. The standard InChI is InChI=1S/C16H22BrN3O/c1-5-8-18-15(16-13(17)10-19-20(16)3)12-6-7-14(21-4)11(2)9-12/h6-7,9-10,15,18H,5,8H2,1-4H3. The Morgan fingerprint density at radius 2 is 2.19 bits per heavy atom. The summed E-state index contributed by atoms with van der Waals surface area (Å²) in [6.45, 7) is 5.19. The van der Waals surface area contributed by atoms with E-state index in [0.29, 0.717) is 0 Å². The monoisotopic (exact) mass is 351 g/mol. The van der Waals surface area contributed by atoms with Gasteiger partial charge >= 0.3 is 0 Å². The van der Waals surface area contributed by atoms with E-state index in [2.05, 4.69) is 52.3 Å². The molecule has 114 valence electrons. The summed E-state index contributed by atoms with van der Waals surface area (Å²) in [5, 5.41) is 7.93. The molecule has 5 heteroatoms. The van der Waals surface area contributed by atoms with E-state index in [9.17, 15) is 0 Å². The molecule has 0 fully saturated rings. The molecular weight excluding hydrogens is 330 g/mol. The Bertz CT molecular complexity index is 590. The van der Waals surface area contributed by atoms with Gasteiger partial charge in [0, 0.05) is 7.05 Å². The average molecular weight is 352 g/mol. The van der Waals surface area contributed by atoms with Crippen molar-refractivity contribution in [3.05, 3.63) is 45.7 Å². The fraction of sp³-hybridized carbons (Fsp3) is 0.438. The van der Waals surface area contributed by atoms with Crippen molar-refractivity contribution in [1.82, 2.24) is 15.1 Å². The highest BCUT2D eigenvalue weighted by molar-refractivity contribution is 9.10. The van der Waals surface area contributed by atoms with Gasteiger partial charge in [-0.05, 0) is 53.0 Å². The molecule has 0 aliphatic heterocycles. The van der Waals surface area contributed by atoms with E-state index in [-0.39, 0.29) is 6.04 Å². The first-order chi connectivity index (χ1) is 10.1. The third-order valence-corrected chi connectivity index (χ3v) is 4.17. The van der Waals surface area contributed by atoms with Gasteiger partial charge in [-0.15, -0.1) is 0 Å². The van der Waals surface area contributed by atoms with Crippen LogP contribution in [0.3, 0.4) is 0 Å². The molecule has 1 unspecified atom stereocenters. The van der Waals surface area contributed by atoms with E-state index in [1.54, 1.807) is 7.11 Å². The van der Waals surface area contributed by atoms with Gasteiger partial charge in [-0.1, -0.05) is 19.1 Å². The number of nitrogens with zero attached hydrogens (tertiary/aromatic N) is 2. The lowest BCUT2D eigenvalue weighted by Gasteiger charge is -2.21. The largest absolute Gasteiger partial charge is 0.496 e. The van der Waals surface area contributed by atoms with E-state index in [0.717, 1.165) is 34.4 Å². The highest BCUT2D eigenvalue weighted by Crippen LogP contribution is 2.30. The lowest BCUT2D eigenvalue weighted by atomic mass is 10.0. The predicted octanol–water partition coefficient (Wildman–Crippen LogP) is 3.59. The molecule has 1 atom stereocenters. The number of nitrogens with one attached hydrogen (secondary N) is 1. The summed E-state index contributed by atoms with van der Waals surface area (Å²) >= 11 is 3.61. The van der Waals surface area contributed by atoms with Crippen LogP contribution < -0.4 is 10.1 Å². The number of methoxy groups -OCH3 is 1. The quantitative estimate of drug-likeness (QED) is 0.864. The summed E-state index contributed by atoms with van der Waals surface area (Å²) in [4.78, 5) is 0. The van der Waals surface area contributed by atoms with Crippen molar-refractivity contribution in [3.8, 4) is 5.75 Å². The molecule has 0 amide bonds. The van der Waals surface area contributed by atoms with Gasteiger partial charge < -0.3 is 10.1 Å². The normalized spacial score (nSPS) is 12.4. The van der Waals surface area contributed by atoms with Crippen molar-refractivity contribution in [2.45, 2.75) is 26.3 Å². The van der Waals surface area contributed by atoms with Crippen molar-refractivity contribution < 1.29 is 4.74 Å². The van der Waals surface area contributed by atoms with Gasteiger partial charge in [-0.2, -0.15) is 5.10 Å². The fourth-order valence-corrected chi connectivity index (χ4v) is 3.06. The molecule has 21 heavy (non-hydrogen) atoms. The van der Waals surface area contributed by atoms with Crippen molar-refractivity contribution in [1.29, 1.82) is 0 Å². The van der Waals surface area contributed by atoms with Gasteiger partial charge in [0.25, 0.3) is 0 Å². The molecular formula is C16H22BrN3O. The van der Waals surface area contributed by atoms with Gasteiger partial charge in [-0.3, -0.25) is 4.68 Å². The van der Waals surface area contributed by atoms with Crippen LogP contribution in [0.4, 0.5) is 0 Å². The minimum Gasteiger partial charge on any atom is -0.496 e. The number of hydrogen-bond acceptors (Lipinski definition) is 3. The van der Waals surface area contributed by atoms with Crippen LogP contribution in [0.2, 0.25) is 0 Å². The lowest BCUT2D eigenvalue weighted by Crippen LogP contribution is -2.25. The highest BCUT2D eigenvalue weighted by atomic mass is 79.9. The Kier molecular flexibility index (Phi) is 5.42. The van der Waals surface area contributed by atoms with Crippen LogP contribution in [-0.4, -0.2) is 23.4 Å². The molecule has 0 saturated heterocycles. The van der Waals surface area contributed by atoms with Gasteiger partial charge in [0.15, 0.2) is 0 Å². The summed E-state index contributed by atoms with van der Waals surface area (Å²) in [5.41, 5.74) is 3.48. The molecule has 0 spiro atoms. The molecule has 2 aromatic rings. The number of aryl methyl sites for hydroxylation is 2. The van der Waals surface area contributed by atoms with Crippen LogP contribution in [-0.2, 0) is 7.05 Å². The van der Waals surface area contributed by atoms with Crippen LogP contribution in [0.15, 0.2) is 28.9 Å². The van der Waals surface area contributed by atoms with Gasteiger partial charge in [0.1, 0.15) is 5.75 Å². The maximum Gasteiger partial charge on any atom is 0.121 e. The Morgan fingerprint density at radius 1 is 1.43 bits per heavy atom. The summed E-state index contributed by atoms with van der Waals surface area (Å²) in [6.07, 6.45) is 2.92. The Labute approximate surface area is 134 Å². The molecule has 4 nitrogen and oxygen atoms in total. The summed E-state index contributed by atoms with van der Waals surface area (Å²) < 4.78 is 8.29. The lowest BCUT2D eigenvalue weighted by molar-refractivity contribution is 0.411. The Hall–Kier alpha value is -1.33. The van der Waals surface area contributed by atoms with E-state index >= 15 is 0 Å². The number of aromatic nitrogens is 2. The smallest absolute Gasteiger partial charge is 0.121 e. The zero-order valence-electron chi connectivity index (χ0n) is 13.0. The van der Waals surface area contributed by atoms with Gasteiger partial charge in [0.05, 0.1) is 29.5 Å². The van der Waals surface area contributed by atoms with Crippen LogP contribution in [0.1, 0.15) is 36.2 Å². The summed E-state index contributed by atoms with van der Waals surface area (Å²) in [7, 11) is 3.67. The summed E-state index contributed by atoms with van der Waals surface area (Å²) in [5.74, 6) is 0.914. The molecule has 2 rings (SSSR count). The second-order valence-corrected chi connectivity index (χ2v) is 5.97. The fourth-order valence-electron chi connectivity index (χ4n) is 2.49. The molecule has 1 heterocycles. The van der Waals surface area contributed by atoms with Crippen LogP contribution in [0.5, 0.6) is 5.75 Å². The number of rotatable bonds is 6. The van der Waals surface area contributed by atoms with E-state index in [1.807, 2.05) is 24.0 Å². The van der Waals surface area contributed by atoms with E-state index in [1.165, 1.54) is 5.56 Å². The van der Waals surface area contributed by atoms with Crippen molar-refractivity contribution in [2.24, 2.45) is 7.05 Å². The van der Waals surface area contributed by atoms with Crippen molar-refractivity contribution in [3.63, 3.8) is 0 Å². The van der Waals surface area contributed by atoms with Crippen LogP contribution in [0.25, 0.3) is 0 Å². The molecule has 0 aliphatic rings. The highest BCUT2D eigenvalue weighted by Gasteiger charge is 2.20. The first-order valence-corrected chi connectivity index (χ1v) is 7.93. The topological polar surface area (TPSA) is 39.1 Å². The molecule has 0 radical (unpaired) electrons. The van der Waals surface area contributed by atoms with Gasteiger partial charge in [-0.25, -0.2) is 0 Å². The second kappa shape index (κ2) is 7.09. The molecule has 1 N–H and O–H groups in total. The van der Waals surface area contributed by atoms with Crippen LogP contribution in [0, 0.1) is 6.92 Å². The molecule has 0 aliphatic carbocycles. The molecule has 0 bridgehead atoms. The molecule has 1 aromatic carbocycles. The zero-order chi connectivity index (χ0) is 15.4. The van der Waals surface area contributed by atoms with E-state index < -0.39 is 0 Å². The van der Waals surface area contributed by atoms with Crippen molar-refractivity contribution in [2.75, 3.05) is 13.7 Å². The number of benzene rings is 1. The minimum atomic E-state index is 0.108. The number of hydrogen-bond donors (Lipinski definition) is 1. The average Bonchev–Trinajstić information content (AvgIpc) is 2.80. The SMILES string of the molecule is CCCNC(c1ccc(OC)c(C)c1)c1c(Br)cnn1C. The van der Waals surface area contributed by atoms with Crippen molar-refractivity contribution >= 4 is 15.9 Å². The summed E-state index contributed by atoms with van der Waals surface area (Å²) in [6, 6.07) is 6.41. The first kappa shape index (κ1) is 16.0. The van der Waals surface area contributed by atoms with Gasteiger partial charge in [0.2, 0.25) is 0 Å². The number of ether oxygens (including phenoxy) is 1. The third kappa shape index (κ3) is 3.47. The maximum absolute atomic E-state index is 5.35. The maximum atomic E-state index is 5.35. The number of halogens is 1. The first-order valence-electron chi connectivity index (χ1n) is 7.13. The second-order valence-electron chi connectivity index (χ2n) is 5.12. The van der Waals surface area contributed by atoms with E-state index in [4.69, 9.17) is 4.74 Å². The Morgan fingerprint density at radius 3 is 2.71 bits per heavy atom. The van der Waals surface area contributed by atoms with Crippen LogP contribution >= 0.6 is 15.9 Å². The molecule has 0 saturated carbocycles.